The van der Waals surface area contributed by atoms with E-state index < -0.39 is 17.5 Å². The first kappa shape index (κ1) is 13.4. The molecular weight excluding hydrogens is 264 g/mol. The van der Waals surface area contributed by atoms with Gasteiger partial charge in [-0.2, -0.15) is 0 Å². The number of carbonyl (C=O) groups is 2. The summed E-state index contributed by atoms with van der Waals surface area (Å²) in [6.45, 7) is 0. The maximum Gasteiger partial charge on any atom is 0.340 e. The van der Waals surface area contributed by atoms with Crippen molar-refractivity contribution in [3.63, 3.8) is 0 Å². The first-order chi connectivity index (χ1) is 9.59. The predicted molar refractivity (Wildman–Crippen MR) is 68.1 cm³/mol. The fourth-order valence-corrected chi connectivity index (χ4v) is 1.57. The van der Waals surface area contributed by atoms with E-state index >= 15 is 0 Å². The zero-order valence-corrected chi connectivity index (χ0v) is 10.1. The Kier molecular flexibility index (Phi) is 3.85. The van der Waals surface area contributed by atoms with E-state index in [-0.39, 0.29) is 11.3 Å². The largest absolute Gasteiger partial charge is 0.478 e. The molecule has 6 heteroatoms. The van der Waals surface area contributed by atoms with E-state index in [0.717, 1.165) is 0 Å². The molecule has 2 aromatic rings. The Hall–Kier alpha value is -3.02. The minimum atomic E-state index is -1.41. The number of aromatic carboxylic acids is 2. The Morgan fingerprint density at radius 2 is 1.50 bits per heavy atom. The lowest BCUT2D eigenvalue weighted by atomic mass is 10.1. The monoisotopic (exact) mass is 274 g/mol. The van der Waals surface area contributed by atoms with Crippen molar-refractivity contribution in [3.05, 3.63) is 59.7 Å². The van der Waals surface area contributed by atoms with Gasteiger partial charge in [0, 0.05) is 0 Å². The third-order valence-corrected chi connectivity index (χ3v) is 2.44. The van der Waals surface area contributed by atoms with Crippen LogP contribution in [-0.2, 0) is 0 Å². The lowest BCUT2D eigenvalue weighted by Gasteiger charge is -2.09. The standard InChI is InChI=1S/C14H10O6/c15-13(16)10-7-4-8-11(12(10)14(17)18)20-19-9-5-2-1-3-6-9/h1-8H,(H,15,16)(H,17,18). The fraction of sp³-hybridized carbons (Fsp3) is 0. The highest BCUT2D eigenvalue weighted by atomic mass is 17.2. The second-order valence-corrected chi connectivity index (χ2v) is 3.77. The van der Waals surface area contributed by atoms with Gasteiger partial charge < -0.3 is 10.2 Å². The molecule has 0 fully saturated rings. The van der Waals surface area contributed by atoms with E-state index in [2.05, 4.69) is 0 Å². The maximum atomic E-state index is 11.2. The summed E-state index contributed by atoms with van der Waals surface area (Å²) in [5.74, 6) is -2.58. The summed E-state index contributed by atoms with van der Waals surface area (Å²) < 4.78 is 0. The highest BCUT2D eigenvalue weighted by Gasteiger charge is 2.22. The molecule has 0 heterocycles. The van der Waals surface area contributed by atoms with Crippen LogP contribution < -0.4 is 9.78 Å². The first-order valence-electron chi connectivity index (χ1n) is 5.59. The van der Waals surface area contributed by atoms with Crippen LogP contribution in [-0.4, -0.2) is 22.2 Å². The molecule has 0 aromatic heterocycles. The summed E-state index contributed by atoms with van der Waals surface area (Å²) in [4.78, 5) is 32.0. The molecule has 20 heavy (non-hydrogen) atoms. The number of carboxylic acid groups (broad SMARTS) is 2. The lowest BCUT2D eigenvalue weighted by molar-refractivity contribution is -0.101. The van der Waals surface area contributed by atoms with Crippen LogP contribution in [0, 0.1) is 0 Å². The maximum absolute atomic E-state index is 11.2. The summed E-state index contributed by atoms with van der Waals surface area (Å²) in [5, 5.41) is 18.1. The minimum Gasteiger partial charge on any atom is -0.478 e. The number of benzene rings is 2. The topological polar surface area (TPSA) is 93.1 Å². The molecule has 0 spiro atoms. The van der Waals surface area contributed by atoms with Gasteiger partial charge in [0.25, 0.3) is 0 Å². The van der Waals surface area contributed by atoms with Gasteiger partial charge in [-0.25, -0.2) is 9.59 Å². The van der Waals surface area contributed by atoms with Gasteiger partial charge in [-0.1, -0.05) is 24.3 Å². The van der Waals surface area contributed by atoms with E-state index in [4.69, 9.17) is 20.0 Å². The minimum absolute atomic E-state index is 0.179. The summed E-state index contributed by atoms with van der Waals surface area (Å²) in [5.41, 5.74) is -0.831. The Morgan fingerprint density at radius 1 is 0.800 bits per heavy atom. The van der Waals surface area contributed by atoms with E-state index in [9.17, 15) is 9.59 Å². The zero-order chi connectivity index (χ0) is 14.5. The van der Waals surface area contributed by atoms with Crippen molar-refractivity contribution in [2.24, 2.45) is 0 Å². The quantitative estimate of drug-likeness (QED) is 0.642. The average molecular weight is 274 g/mol. The second-order valence-electron chi connectivity index (χ2n) is 3.77. The van der Waals surface area contributed by atoms with E-state index in [1.807, 2.05) is 0 Å². The molecule has 2 rings (SSSR count). The summed E-state index contributed by atoms with van der Waals surface area (Å²) in [6, 6.07) is 12.3. The highest BCUT2D eigenvalue weighted by molar-refractivity contribution is 6.03. The lowest BCUT2D eigenvalue weighted by Crippen LogP contribution is -2.12. The Morgan fingerprint density at radius 3 is 2.10 bits per heavy atom. The van der Waals surface area contributed by atoms with Crippen molar-refractivity contribution >= 4 is 11.9 Å². The predicted octanol–water partition coefficient (Wildman–Crippen LogP) is 2.46. The van der Waals surface area contributed by atoms with Crippen molar-refractivity contribution in [2.75, 3.05) is 0 Å². The number of hydrogen-bond donors (Lipinski definition) is 2. The fourth-order valence-electron chi connectivity index (χ4n) is 1.57. The molecule has 0 aliphatic rings. The van der Waals surface area contributed by atoms with Crippen LogP contribution in [0.1, 0.15) is 20.7 Å². The first-order valence-corrected chi connectivity index (χ1v) is 5.59. The van der Waals surface area contributed by atoms with Crippen molar-refractivity contribution in [3.8, 4) is 11.5 Å². The van der Waals surface area contributed by atoms with Gasteiger partial charge in [0.15, 0.2) is 11.5 Å². The molecule has 6 nitrogen and oxygen atoms in total. The zero-order valence-electron chi connectivity index (χ0n) is 10.1. The molecule has 0 bridgehead atoms. The molecule has 2 aromatic carbocycles. The van der Waals surface area contributed by atoms with Crippen LogP contribution in [0.5, 0.6) is 11.5 Å². The van der Waals surface area contributed by atoms with Crippen molar-refractivity contribution < 1.29 is 29.6 Å². The molecule has 0 atom stereocenters. The number of hydrogen-bond acceptors (Lipinski definition) is 4. The van der Waals surface area contributed by atoms with Gasteiger partial charge >= 0.3 is 11.9 Å². The second kappa shape index (κ2) is 5.75. The van der Waals surface area contributed by atoms with Crippen LogP contribution in [0.2, 0.25) is 0 Å². The van der Waals surface area contributed by atoms with Crippen molar-refractivity contribution in [1.29, 1.82) is 0 Å². The summed E-state index contributed by atoms with van der Waals surface area (Å²) >= 11 is 0. The Labute approximate surface area is 113 Å². The molecule has 0 aliphatic carbocycles. The Bertz CT molecular complexity index is 635. The molecule has 0 amide bonds. The molecular formula is C14H10O6. The molecule has 0 saturated heterocycles. The molecule has 2 N–H and O–H groups in total. The molecule has 102 valence electrons. The van der Waals surface area contributed by atoms with Crippen LogP contribution in [0.4, 0.5) is 0 Å². The number of para-hydroxylation sites is 1. The SMILES string of the molecule is O=C(O)c1cccc(OOc2ccccc2)c1C(=O)O. The molecule has 0 radical (unpaired) electrons. The molecule has 0 aliphatic heterocycles. The van der Waals surface area contributed by atoms with Crippen LogP contribution in [0.15, 0.2) is 48.5 Å². The van der Waals surface area contributed by atoms with E-state index in [0.29, 0.717) is 5.75 Å². The van der Waals surface area contributed by atoms with Gasteiger partial charge in [0.1, 0.15) is 5.56 Å². The Balaban J connectivity index is 2.30. The van der Waals surface area contributed by atoms with Gasteiger partial charge in [0.2, 0.25) is 0 Å². The van der Waals surface area contributed by atoms with Crippen LogP contribution in [0.25, 0.3) is 0 Å². The molecule has 0 saturated carbocycles. The third kappa shape index (κ3) is 2.86. The van der Waals surface area contributed by atoms with Crippen molar-refractivity contribution in [1.82, 2.24) is 0 Å². The number of rotatable bonds is 5. The summed E-state index contributed by atoms with van der Waals surface area (Å²) in [6.07, 6.45) is 0. The van der Waals surface area contributed by atoms with Gasteiger partial charge in [-0.15, -0.1) is 0 Å². The highest BCUT2D eigenvalue weighted by Crippen LogP contribution is 2.24. The van der Waals surface area contributed by atoms with Gasteiger partial charge in [-0.05, 0) is 24.3 Å². The molecule has 0 unspecified atom stereocenters. The van der Waals surface area contributed by atoms with Crippen molar-refractivity contribution in [2.45, 2.75) is 0 Å². The van der Waals surface area contributed by atoms with Crippen LogP contribution in [0.3, 0.4) is 0 Å². The van der Waals surface area contributed by atoms with Gasteiger partial charge in [-0.3, -0.25) is 9.78 Å². The normalized spacial score (nSPS) is 9.80. The van der Waals surface area contributed by atoms with E-state index in [1.54, 1.807) is 30.3 Å². The van der Waals surface area contributed by atoms with Crippen LogP contribution >= 0.6 is 0 Å². The smallest absolute Gasteiger partial charge is 0.340 e. The number of carboxylic acids is 2. The average Bonchev–Trinajstić information content (AvgIpc) is 2.45. The van der Waals surface area contributed by atoms with Gasteiger partial charge in [0.05, 0.1) is 5.56 Å². The third-order valence-electron chi connectivity index (χ3n) is 2.44. The van der Waals surface area contributed by atoms with E-state index in [1.165, 1.54) is 18.2 Å². The summed E-state index contributed by atoms with van der Waals surface area (Å²) in [7, 11) is 0.